The van der Waals surface area contributed by atoms with E-state index in [2.05, 4.69) is 49.9 Å². The first kappa shape index (κ1) is 18.3. The summed E-state index contributed by atoms with van der Waals surface area (Å²) in [5.74, 6) is -0.387. The second-order valence-electron chi connectivity index (χ2n) is 9.19. The minimum atomic E-state index is -0.209. The fraction of sp³-hybridized carbons (Fsp3) is 0.636. The topological polar surface area (TPSA) is 49.9 Å². The Labute approximate surface area is 161 Å². The van der Waals surface area contributed by atoms with Crippen LogP contribution in [0.4, 0.5) is 5.69 Å². The van der Waals surface area contributed by atoms with Crippen LogP contribution in [-0.4, -0.2) is 49.1 Å². The Bertz CT molecular complexity index is 714. The Kier molecular flexibility index (Phi) is 4.65. The molecule has 2 saturated heterocycles. The lowest BCUT2D eigenvalue weighted by atomic mass is 9.79. The Morgan fingerprint density at radius 1 is 1.04 bits per heavy atom. The van der Waals surface area contributed by atoms with Gasteiger partial charge in [0.2, 0.25) is 5.91 Å². The zero-order chi connectivity index (χ0) is 19.2. The molecule has 2 heterocycles. The molecule has 0 aromatic heterocycles. The number of carbonyl (C=O) groups excluding carboxylic acids is 2. The van der Waals surface area contributed by atoms with Crippen molar-refractivity contribution in [2.24, 2.45) is 11.8 Å². The van der Waals surface area contributed by atoms with E-state index in [4.69, 9.17) is 4.74 Å². The van der Waals surface area contributed by atoms with E-state index in [1.165, 1.54) is 11.3 Å². The molecule has 27 heavy (non-hydrogen) atoms. The molecule has 1 aliphatic carbocycles. The van der Waals surface area contributed by atoms with Gasteiger partial charge in [-0.2, -0.15) is 0 Å². The van der Waals surface area contributed by atoms with Crippen molar-refractivity contribution in [1.82, 2.24) is 4.90 Å². The predicted octanol–water partition coefficient (Wildman–Crippen LogP) is 2.97. The number of benzene rings is 1. The monoisotopic (exact) mass is 370 g/mol. The molecule has 5 heteroatoms. The normalized spacial score (nSPS) is 28.3. The van der Waals surface area contributed by atoms with Crippen molar-refractivity contribution in [3.8, 4) is 0 Å². The van der Waals surface area contributed by atoms with Crippen molar-refractivity contribution in [1.29, 1.82) is 0 Å². The molecule has 3 unspecified atom stereocenters. The van der Waals surface area contributed by atoms with Gasteiger partial charge in [-0.3, -0.25) is 9.59 Å². The molecule has 146 valence electrons. The highest BCUT2D eigenvalue weighted by atomic mass is 16.6. The van der Waals surface area contributed by atoms with Crippen molar-refractivity contribution in [3.05, 3.63) is 29.8 Å². The van der Waals surface area contributed by atoms with Crippen molar-refractivity contribution >= 4 is 17.6 Å². The highest BCUT2D eigenvalue weighted by Gasteiger charge is 2.47. The Morgan fingerprint density at radius 3 is 2.33 bits per heavy atom. The number of anilines is 1. The number of fused-ring (bicyclic) bond motifs is 2. The molecule has 3 fully saturated rings. The molecule has 2 bridgehead atoms. The predicted molar refractivity (Wildman–Crippen MR) is 105 cm³/mol. The van der Waals surface area contributed by atoms with Gasteiger partial charge in [0.05, 0.1) is 11.8 Å². The van der Waals surface area contributed by atoms with Gasteiger partial charge in [0.25, 0.3) is 0 Å². The number of hydrogen-bond acceptors (Lipinski definition) is 4. The van der Waals surface area contributed by atoms with Gasteiger partial charge >= 0.3 is 5.97 Å². The van der Waals surface area contributed by atoms with E-state index < -0.39 is 0 Å². The zero-order valence-electron chi connectivity index (χ0n) is 16.6. The average molecular weight is 370 g/mol. The van der Waals surface area contributed by atoms with Crippen LogP contribution in [0.3, 0.4) is 0 Å². The van der Waals surface area contributed by atoms with Gasteiger partial charge in [-0.25, -0.2) is 0 Å². The van der Waals surface area contributed by atoms with Crippen molar-refractivity contribution < 1.29 is 14.3 Å². The van der Waals surface area contributed by atoms with Gasteiger partial charge in [0.15, 0.2) is 0 Å². The zero-order valence-corrected chi connectivity index (χ0v) is 16.6. The number of esters is 1. The lowest BCUT2D eigenvalue weighted by Crippen LogP contribution is -2.51. The highest BCUT2D eigenvalue weighted by Crippen LogP contribution is 2.39. The Hall–Kier alpha value is -2.04. The molecule has 0 radical (unpaired) electrons. The van der Waals surface area contributed by atoms with Crippen LogP contribution < -0.4 is 4.90 Å². The van der Waals surface area contributed by atoms with Gasteiger partial charge < -0.3 is 14.5 Å². The first-order valence-electron chi connectivity index (χ1n) is 10.2. The summed E-state index contributed by atoms with van der Waals surface area (Å²) in [5, 5.41) is 0. The molecule has 3 atom stereocenters. The number of nitrogens with zero attached hydrogens (tertiary/aromatic N) is 2. The van der Waals surface area contributed by atoms with E-state index in [9.17, 15) is 9.59 Å². The molecule has 0 spiro atoms. The van der Waals surface area contributed by atoms with Crippen LogP contribution in [0.1, 0.15) is 45.6 Å². The lowest BCUT2D eigenvalue weighted by Gasteiger charge is -2.38. The molecule has 5 nitrogen and oxygen atoms in total. The summed E-state index contributed by atoms with van der Waals surface area (Å²) in [4.78, 5) is 29.3. The largest absolute Gasteiger partial charge is 0.462 e. The number of hydrogen-bond donors (Lipinski definition) is 0. The maximum atomic E-state index is 13.0. The summed E-state index contributed by atoms with van der Waals surface area (Å²) in [7, 11) is 0. The van der Waals surface area contributed by atoms with Crippen molar-refractivity contribution in [2.75, 3.05) is 31.1 Å². The van der Waals surface area contributed by atoms with Crippen LogP contribution in [-0.2, 0) is 19.7 Å². The first-order chi connectivity index (χ1) is 12.8. The molecule has 3 aliphatic rings. The average Bonchev–Trinajstić information content (AvgIpc) is 2.95. The quantitative estimate of drug-likeness (QED) is 0.751. The van der Waals surface area contributed by atoms with Crippen LogP contribution in [0.5, 0.6) is 0 Å². The summed E-state index contributed by atoms with van der Waals surface area (Å²) in [6, 6.07) is 8.79. The Morgan fingerprint density at radius 2 is 1.70 bits per heavy atom. The van der Waals surface area contributed by atoms with E-state index in [1.807, 2.05) is 4.90 Å². The second kappa shape index (κ2) is 6.84. The van der Waals surface area contributed by atoms with E-state index in [0.29, 0.717) is 0 Å². The first-order valence-corrected chi connectivity index (χ1v) is 10.2. The highest BCUT2D eigenvalue weighted by molar-refractivity contribution is 5.87. The van der Waals surface area contributed by atoms with Gasteiger partial charge in [-0.1, -0.05) is 32.9 Å². The minimum Gasteiger partial charge on any atom is -0.462 e. The fourth-order valence-corrected chi connectivity index (χ4v) is 4.64. The summed E-state index contributed by atoms with van der Waals surface area (Å²) in [6.45, 7) is 9.79. The molecule has 1 aromatic rings. The second-order valence-corrected chi connectivity index (χ2v) is 9.19. The summed E-state index contributed by atoms with van der Waals surface area (Å²) in [5.41, 5.74) is 2.71. The number of rotatable bonds is 2. The fourth-order valence-electron chi connectivity index (χ4n) is 4.64. The molecular weight excluding hydrogens is 340 g/mol. The maximum absolute atomic E-state index is 13.0. The van der Waals surface area contributed by atoms with E-state index in [0.717, 1.165) is 45.4 Å². The molecule has 2 aliphatic heterocycles. The van der Waals surface area contributed by atoms with Crippen molar-refractivity contribution in [2.45, 2.75) is 51.6 Å². The van der Waals surface area contributed by atoms with Gasteiger partial charge in [-0.05, 0) is 42.4 Å². The maximum Gasteiger partial charge on any atom is 0.310 e. The van der Waals surface area contributed by atoms with Crippen LogP contribution in [0.25, 0.3) is 0 Å². The summed E-state index contributed by atoms with van der Waals surface area (Å²) in [6.07, 6.45) is 2.40. The lowest BCUT2D eigenvalue weighted by molar-refractivity contribution is -0.148. The SMILES string of the molecule is CC(C)(C)c1ccc(N2CCN(C(=O)C3CCC4CC3C(=O)O4)CC2)cc1. The van der Waals surface area contributed by atoms with Crippen molar-refractivity contribution in [3.63, 3.8) is 0 Å². The number of amides is 1. The summed E-state index contributed by atoms with van der Waals surface area (Å²) < 4.78 is 5.34. The molecule has 0 N–H and O–H groups in total. The van der Waals surface area contributed by atoms with E-state index in [1.54, 1.807) is 0 Å². The molecule has 1 amide bonds. The van der Waals surface area contributed by atoms with E-state index >= 15 is 0 Å². The molecular formula is C22H30N2O3. The number of ether oxygens (including phenoxy) is 1. The van der Waals surface area contributed by atoms with Gasteiger partial charge in [0.1, 0.15) is 6.10 Å². The third-order valence-corrected chi connectivity index (χ3v) is 6.39. The van der Waals surface area contributed by atoms with Crippen LogP contribution in [0, 0.1) is 11.8 Å². The van der Waals surface area contributed by atoms with Gasteiger partial charge in [-0.15, -0.1) is 0 Å². The third kappa shape index (κ3) is 3.56. The summed E-state index contributed by atoms with van der Waals surface area (Å²) >= 11 is 0. The van der Waals surface area contributed by atoms with Crippen LogP contribution >= 0.6 is 0 Å². The minimum absolute atomic E-state index is 0.0551. The van der Waals surface area contributed by atoms with E-state index in [-0.39, 0.29) is 35.2 Å². The Balaban J connectivity index is 1.36. The smallest absolute Gasteiger partial charge is 0.310 e. The number of piperazine rings is 1. The number of carbonyl (C=O) groups is 2. The standard InChI is InChI=1S/C22H30N2O3/c1-22(2,3)15-4-6-16(7-5-15)23-10-12-24(13-11-23)20(25)18-9-8-17-14-19(18)21(26)27-17/h4-7,17-19H,8-14H2,1-3H3. The molecule has 1 saturated carbocycles. The van der Waals surface area contributed by atoms with Crippen LogP contribution in [0.2, 0.25) is 0 Å². The molecule has 4 rings (SSSR count). The molecule has 1 aromatic carbocycles. The van der Waals surface area contributed by atoms with Gasteiger partial charge in [0, 0.05) is 31.9 Å². The third-order valence-electron chi connectivity index (χ3n) is 6.39. The van der Waals surface area contributed by atoms with Crippen LogP contribution in [0.15, 0.2) is 24.3 Å².